The average molecular weight is 547 g/mol. The first-order valence-electron chi connectivity index (χ1n) is 13.7. The molecule has 0 saturated carbocycles. The third-order valence-electron chi connectivity index (χ3n) is 7.50. The van der Waals surface area contributed by atoms with Gasteiger partial charge in [0.25, 0.3) is 0 Å². The maximum atomic E-state index is 16.2. The van der Waals surface area contributed by atoms with E-state index in [2.05, 4.69) is 40.3 Å². The van der Waals surface area contributed by atoms with Gasteiger partial charge in [-0.15, -0.1) is 0 Å². The van der Waals surface area contributed by atoms with Crippen LogP contribution in [0.5, 0.6) is 0 Å². The maximum Gasteiger partial charge on any atom is 0.228 e. The maximum absolute atomic E-state index is 16.2. The van der Waals surface area contributed by atoms with Gasteiger partial charge in [-0.1, -0.05) is 30.3 Å². The number of imidazole rings is 1. The van der Waals surface area contributed by atoms with Gasteiger partial charge in [0.05, 0.1) is 34.9 Å². The minimum atomic E-state index is -0.453. The number of carbonyl (C=O) groups is 1. The zero-order chi connectivity index (χ0) is 27.8. The van der Waals surface area contributed by atoms with Crippen LogP contribution in [0.15, 0.2) is 73.2 Å². The van der Waals surface area contributed by atoms with Gasteiger partial charge in [0.2, 0.25) is 5.91 Å². The summed E-state index contributed by atoms with van der Waals surface area (Å²) in [5.74, 6) is -0.185. The second kappa shape index (κ2) is 10.5. The highest BCUT2D eigenvalue weighted by Crippen LogP contribution is 2.35. The number of rotatable bonds is 6. The largest absolute Gasteiger partial charge is 0.370 e. The fourth-order valence-electron chi connectivity index (χ4n) is 5.52. The molecule has 0 spiro atoms. The third kappa shape index (κ3) is 4.77. The van der Waals surface area contributed by atoms with E-state index in [1.165, 1.54) is 6.42 Å². The summed E-state index contributed by atoms with van der Waals surface area (Å²) < 4.78 is 16.2. The topological polar surface area (TPSA) is 115 Å². The molecule has 4 aromatic heterocycles. The Kier molecular flexibility index (Phi) is 6.35. The highest BCUT2D eigenvalue weighted by Gasteiger charge is 2.22. The number of nitrogens with zero attached hydrogens (tertiary/aromatic N) is 5. The summed E-state index contributed by atoms with van der Waals surface area (Å²) >= 11 is 0. The van der Waals surface area contributed by atoms with E-state index in [9.17, 15) is 4.79 Å². The summed E-state index contributed by atoms with van der Waals surface area (Å²) in [6.45, 7) is 1.97. The molecule has 0 atom stereocenters. The highest BCUT2D eigenvalue weighted by atomic mass is 19.1. The molecule has 1 amide bonds. The van der Waals surface area contributed by atoms with E-state index in [1.54, 1.807) is 36.8 Å². The first-order chi connectivity index (χ1) is 20.1. The van der Waals surface area contributed by atoms with Gasteiger partial charge in [0.1, 0.15) is 17.0 Å². The summed E-state index contributed by atoms with van der Waals surface area (Å²) in [7, 11) is 0. The zero-order valence-corrected chi connectivity index (χ0v) is 22.2. The van der Waals surface area contributed by atoms with E-state index >= 15 is 4.39 Å². The smallest absolute Gasteiger partial charge is 0.228 e. The van der Waals surface area contributed by atoms with E-state index in [-0.39, 0.29) is 12.3 Å². The SMILES string of the molecule is O=C(Cc1ccccc1)Nc1cncc(-c2ccc3[nH]nc(-c4nc5nccc(N6CCCCC6)c5[nH]4)c3c2F)c1. The summed E-state index contributed by atoms with van der Waals surface area (Å²) in [4.78, 5) is 31.7. The minimum Gasteiger partial charge on any atom is -0.370 e. The lowest BCUT2D eigenvalue weighted by atomic mass is 10.0. The number of hydrogen-bond acceptors (Lipinski definition) is 6. The second-order valence-corrected chi connectivity index (χ2v) is 10.3. The van der Waals surface area contributed by atoms with Gasteiger partial charge in [-0.2, -0.15) is 5.10 Å². The Morgan fingerprint density at radius 1 is 1.02 bits per heavy atom. The number of aromatic nitrogens is 6. The number of halogens is 1. The quantitative estimate of drug-likeness (QED) is 0.241. The van der Waals surface area contributed by atoms with E-state index in [0.29, 0.717) is 44.9 Å². The molecule has 0 radical (unpaired) electrons. The van der Waals surface area contributed by atoms with Crippen molar-refractivity contribution < 1.29 is 9.18 Å². The predicted octanol–water partition coefficient (Wildman–Crippen LogP) is 5.87. The summed E-state index contributed by atoms with van der Waals surface area (Å²) in [6.07, 6.45) is 8.65. The van der Waals surface area contributed by atoms with Crippen molar-refractivity contribution in [1.29, 1.82) is 0 Å². The number of H-pyrrole nitrogens is 2. The average Bonchev–Trinajstić information content (AvgIpc) is 3.63. The van der Waals surface area contributed by atoms with Crippen LogP contribution in [-0.2, 0) is 11.2 Å². The van der Waals surface area contributed by atoms with Crippen LogP contribution < -0.4 is 10.2 Å². The Hall–Kier alpha value is -5.12. The van der Waals surface area contributed by atoms with Gasteiger partial charge in [0, 0.05) is 36.6 Å². The number of pyridine rings is 2. The first-order valence-corrected chi connectivity index (χ1v) is 13.7. The number of hydrogen-bond donors (Lipinski definition) is 3. The van der Waals surface area contributed by atoms with Gasteiger partial charge in [-0.3, -0.25) is 14.9 Å². The molecule has 1 aliphatic heterocycles. The van der Waals surface area contributed by atoms with Crippen LogP contribution >= 0.6 is 0 Å². The van der Waals surface area contributed by atoms with Gasteiger partial charge >= 0.3 is 0 Å². The monoisotopic (exact) mass is 546 g/mol. The molecule has 2 aromatic carbocycles. The van der Waals surface area contributed by atoms with Crippen LogP contribution in [0.1, 0.15) is 24.8 Å². The van der Waals surface area contributed by atoms with E-state index < -0.39 is 5.82 Å². The molecule has 0 unspecified atom stereocenters. The van der Waals surface area contributed by atoms with Crippen LogP contribution in [-0.4, -0.2) is 49.1 Å². The molecule has 1 aliphatic rings. The second-order valence-electron chi connectivity index (χ2n) is 10.3. The lowest BCUT2D eigenvalue weighted by Gasteiger charge is -2.28. The number of amides is 1. The van der Waals surface area contributed by atoms with Crippen molar-refractivity contribution in [2.24, 2.45) is 0 Å². The fourth-order valence-corrected chi connectivity index (χ4v) is 5.52. The molecular weight excluding hydrogens is 519 g/mol. The molecule has 3 N–H and O–H groups in total. The molecule has 1 saturated heterocycles. The molecule has 6 aromatic rings. The molecule has 0 bridgehead atoms. The van der Waals surface area contributed by atoms with Crippen LogP contribution in [0.2, 0.25) is 0 Å². The standard InChI is InChI=1S/C31H27FN8O/c32-27-22(20-16-21(18-33-17-20)35-25(41)15-19-7-3-1-4-8-19)9-10-23-26(27)29(39-38-23)31-36-28-24(11-12-34-30(28)37-31)40-13-5-2-6-14-40/h1,3-4,7-12,16-18H,2,5-6,13-15H2,(H,35,41)(H,38,39)(H,34,36,37). The molecule has 10 heteroatoms. The molecular formula is C31H27FN8O. The number of piperidine rings is 1. The molecule has 9 nitrogen and oxygen atoms in total. The number of fused-ring (bicyclic) bond motifs is 2. The van der Waals surface area contributed by atoms with E-state index in [4.69, 9.17) is 0 Å². The van der Waals surface area contributed by atoms with Crippen molar-refractivity contribution in [2.45, 2.75) is 25.7 Å². The van der Waals surface area contributed by atoms with Crippen molar-refractivity contribution in [2.75, 3.05) is 23.3 Å². The Labute approximate surface area is 234 Å². The number of benzene rings is 2. The zero-order valence-electron chi connectivity index (χ0n) is 22.2. The van der Waals surface area contributed by atoms with Crippen LogP contribution in [0, 0.1) is 5.82 Å². The van der Waals surface area contributed by atoms with Crippen molar-refractivity contribution in [3.63, 3.8) is 0 Å². The normalized spacial score (nSPS) is 13.6. The van der Waals surface area contributed by atoms with Crippen LogP contribution in [0.3, 0.4) is 0 Å². The fraction of sp³-hybridized carbons (Fsp3) is 0.194. The number of nitrogens with one attached hydrogen (secondary N) is 3. The van der Waals surface area contributed by atoms with Gasteiger partial charge in [0.15, 0.2) is 11.5 Å². The number of anilines is 2. The van der Waals surface area contributed by atoms with Gasteiger partial charge in [-0.05, 0) is 49.1 Å². The summed E-state index contributed by atoms with van der Waals surface area (Å²) in [6, 6.07) is 16.7. The number of carbonyl (C=O) groups excluding carboxylic acids is 1. The van der Waals surface area contributed by atoms with Crippen molar-refractivity contribution in [3.05, 3.63) is 84.6 Å². The lowest BCUT2D eigenvalue weighted by molar-refractivity contribution is -0.115. The molecule has 1 fully saturated rings. The van der Waals surface area contributed by atoms with Crippen molar-refractivity contribution in [1.82, 2.24) is 30.1 Å². The molecule has 204 valence electrons. The predicted molar refractivity (Wildman–Crippen MR) is 157 cm³/mol. The van der Waals surface area contributed by atoms with Crippen molar-refractivity contribution >= 4 is 39.3 Å². The number of aromatic amines is 2. The summed E-state index contributed by atoms with van der Waals surface area (Å²) in [5, 5.41) is 10.5. The molecule has 41 heavy (non-hydrogen) atoms. The van der Waals surface area contributed by atoms with E-state index in [0.717, 1.165) is 42.7 Å². The lowest BCUT2D eigenvalue weighted by Crippen LogP contribution is -2.29. The third-order valence-corrected chi connectivity index (χ3v) is 7.50. The Morgan fingerprint density at radius 2 is 1.88 bits per heavy atom. The Balaban J connectivity index is 1.22. The highest BCUT2D eigenvalue weighted by molar-refractivity contribution is 5.98. The van der Waals surface area contributed by atoms with Gasteiger partial charge < -0.3 is 15.2 Å². The van der Waals surface area contributed by atoms with Crippen LogP contribution in [0.4, 0.5) is 15.8 Å². The first kappa shape index (κ1) is 24.9. The Morgan fingerprint density at radius 3 is 2.73 bits per heavy atom. The molecule has 5 heterocycles. The Bertz CT molecular complexity index is 1870. The van der Waals surface area contributed by atoms with Crippen molar-refractivity contribution in [3.8, 4) is 22.6 Å². The van der Waals surface area contributed by atoms with Crippen LogP contribution in [0.25, 0.3) is 44.7 Å². The van der Waals surface area contributed by atoms with E-state index in [1.807, 2.05) is 36.4 Å². The molecule has 7 rings (SSSR count). The minimum absolute atomic E-state index is 0.175. The van der Waals surface area contributed by atoms with Gasteiger partial charge in [-0.25, -0.2) is 14.4 Å². The summed E-state index contributed by atoms with van der Waals surface area (Å²) in [5.41, 5.74) is 5.63. The molecule has 0 aliphatic carbocycles.